The number of hydrogen-bond acceptors (Lipinski definition) is 5. The predicted octanol–water partition coefficient (Wildman–Crippen LogP) is 2.56. The van der Waals surface area contributed by atoms with Crippen molar-refractivity contribution < 1.29 is 4.79 Å². The molecule has 0 radical (unpaired) electrons. The van der Waals surface area contributed by atoms with Gasteiger partial charge >= 0.3 is 0 Å². The van der Waals surface area contributed by atoms with Gasteiger partial charge in [0.15, 0.2) is 0 Å². The predicted molar refractivity (Wildman–Crippen MR) is 109 cm³/mol. The van der Waals surface area contributed by atoms with Gasteiger partial charge in [-0.2, -0.15) is 10.2 Å². The van der Waals surface area contributed by atoms with E-state index in [1.807, 2.05) is 26.0 Å². The van der Waals surface area contributed by atoms with E-state index in [1.54, 1.807) is 29.2 Å². The lowest BCUT2D eigenvalue weighted by atomic mass is 9.91. The first-order valence-corrected chi connectivity index (χ1v) is 9.85. The van der Waals surface area contributed by atoms with Crippen LogP contribution in [0.15, 0.2) is 41.5 Å². The van der Waals surface area contributed by atoms with Crippen LogP contribution in [0.3, 0.4) is 0 Å². The molecule has 3 aromatic rings. The molecule has 2 N–H and O–H groups in total. The van der Waals surface area contributed by atoms with Gasteiger partial charge in [-0.25, -0.2) is 4.68 Å². The average molecular weight is 392 g/mol. The standard InChI is InChI=1S/C21H24N6O2/c1-13-20(14(2)25-24-13)21(29)23-16-3-5-17(6-4-16)27-19(28)8-7-18(26-27)15-9-11-22-12-10-15/h7-12,16-17H,3-6H2,1-2H3,(H,23,29)(H,24,25). The Morgan fingerprint density at radius 1 is 1.10 bits per heavy atom. The Hall–Kier alpha value is -3.29. The molecular formula is C21H24N6O2. The fourth-order valence-corrected chi connectivity index (χ4v) is 3.97. The van der Waals surface area contributed by atoms with E-state index < -0.39 is 0 Å². The van der Waals surface area contributed by atoms with Gasteiger partial charge < -0.3 is 5.32 Å². The highest BCUT2D eigenvalue weighted by atomic mass is 16.2. The number of nitrogens with zero attached hydrogens (tertiary/aromatic N) is 4. The van der Waals surface area contributed by atoms with Gasteiger partial charge in [-0.3, -0.25) is 19.7 Å². The van der Waals surface area contributed by atoms with E-state index in [1.165, 1.54) is 0 Å². The van der Waals surface area contributed by atoms with Crippen molar-refractivity contribution in [2.45, 2.75) is 51.6 Å². The molecule has 0 saturated heterocycles. The van der Waals surface area contributed by atoms with Crippen molar-refractivity contribution in [1.29, 1.82) is 0 Å². The summed E-state index contributed by atoms with van der Waals surface area (Å²) in [5.41, 5.74) is 3.69. The van der Waals surface area contributed by atoms with Crippen LogP contribution in [0.2, 0.25) is 0 Å². The third-order valence-electron chi connectivity index (χ3n) is 5.53. The second-order valence-corrected chi connectivity index (χ2v) is 7.53. The minimum absolute atomic E-state index is 0.0369. The van der Waals surface area contributed by atoms with Gasteiger partial charge in [0.2, 0.25) is 0 Å². The zero-order valence-corrected chi connectivity index (χ0v) is 16.6. The second kappa shape index (κ2) is 7.98. The van der Waals surface area contributed by atoms with Crippen LogP contribution in [0.4, 0.5) is 0 Å². The van der Waals surface area contributed by atoms with Crippen LogP contribution in [-0.2, 0) is 0 Å². The van der Waals surface area contributed by atoms with Crippen molar-refractivity contribution >= 4 is 5.91 Å². The van der Waals surface area contributed by atoms with Gasteiger partial charge in [0, 0.05) is 35.8 Å². The Bertz CT molecular complexity index is 1040. The fraction of sp³-hybridized carbons (Fsp3) is 0.381. The van der Waals surface area contributed by atoms with E-state index in [2.05, 4.69) is 25.6 Å². The van der Waals surface area contributed by atoms with Gasteiger partial charge in [-0.15, -0.1) is 0 Å². The summed E-state index contributed by atoms with van der Waals surface area (Å²) in [6, 6.07) is 7.20. The molecule has 0 bridgehead atoms. The summed E-state index contributed by atoms with van der Waals surface area (Å²) in [5, 5.41) is 14.6. The van der Waals surface area contributed by atoms with Crippen molar-refractivity contribution in [1.82, 2.24) is 30.3 Å². The third-order valence-corrected chi connectivity index (χ3v) is 5.53. The average Bonchev–Trinajstić information content (AvgIpc) is 3.08. The number of nitrogens with one attached hydrogen (secondary N) is 2. The fourth-order valence-electron chi connectivity index (χ4n) is 3.97. The summed E-state index contributed by atoms with van der Waals surface area (Å²) in [6.45, 7) is 3.67. The highest BCUT2D eigenvalue weighted by Crippen LogP contribution is 2.28. The maximum atomic E-state index is 12.6. The number of aryl methyl sites for hydroxylation is 2. The van der Waals surface area contributed by atoms with Crippen molar-refractivity contribution in [3.8, 4) is 11.3 Å². The molecule has 1 aliphatic rings. The van der Waals surface area contributed by atoms with Gasteiger partial charge in [0.25, 0.3) is 11.5 Å². The molecule has 1 aliphatic carbocycles. The number of hydrogen-bond donors (Lipinski definition) is 2. The molecule has 3 heterocycles. The summed E-state index contributed by atoms with van der Waals surface area (Å²) in [5.74, 6) is -0.0906. The number of carbonyl (C=O) groups excluding carboxylic acids is 1. The van der Waals surface area contributed by atoms with Crippen molar-refractivity contribution in [2.24, 2.45) is 0 Å². The summed E-state index contributed by atoms with van der Waals surface area (Å²) >= 11 is 0. The number of amides is 1. The minimum Gasteiger partial charge on any atom is -0.349 e. The largest absolute Gasteiger partial charge is 0.349 e. The number of aromatic amines is 1. The van der Waals surface area contributed by atoms with Gasteiger partial charge in [-0.1, -0.05) is 0 Å². The SMILES string of the molecule is Cc1n[nH]c(C)c1C(=O)NC1CCC(n2nc(-c3ccncc3)ccc2=O)CC1. The molecule has 3 aromatic heterocycles. The van der Waals surface area contributed by atoms with Gasteiger partial charge in [0.1, 0.15) is 0 Å². The normalized spacial score (nSPS) is 19.1. The number of H-pyrrole nitrogens is 1. The molecule has 0 aromatic carbocycles. The third kappa shape index (κ3) is 3.96. The second-order valence-electron chi connectivity index (χ2n) is 7.53. The van der Waals surface area contributed by atoms with E-state index in [9.17, 15) is 9.59 Å². The maximum absolute atomic E-state index is 12.6. The minimum atomic E-state index is -0.0973. The summed E-state index contributed by atoms with van der Waals surface area (Å²) in [7, 11) is 0. The lowest BCUT2D eigenvalue weighted by Gasteiger charge is -2.29. The molecular weight excluding hydrogens is 368 g/mol. The Morgan fingerprint density at radius 3 is 2.48 bits per heavy atom. The van der Waals surface area contributed by atoms with E-state index >= 15 is 0 Å². The zero-order chi connectivity index (χ0) is 20.4. The number of rotatable bonds is 4. The molecule has 150 valence electrons. The smallest absolute Gasteiger partial charge is 0.267 e. The Morgan fingerprint density at radius 2 is 1.83 bits per heavy atom. The summed E-state index contributed by atoms with van der Waals surface area (Å²) in [6.07, 6.45) is 6.62. The maximum Gasteiger partial charge on any atom is 0.267 e. The Labute approximate surface area is 168 Å². The number of carbonyl (C=O) groups is 1. The zero-order valence-electron chi connectivity index (χ0n) is 16.6. The van der Waals surface area contributed by atoms with Crippen molar-refractivity contribution in [3.63, 3.8) is 0 Å². The molecule has 1 fully saturated rings. The van der Waals surface area contributed by atoms with E-state index in [0.29, 0.717) is 11.3 Å². The summed E-state index contributed by atoms with van der Waals surface area (Å²) < 4.78 is 1.60. The van der Waals surface area contributed by atoms with Crippen LogP contribution in [0.25, 0.3) is 11.3 Å². The van der Waals surface area contributed by atoms with E-state index in [4.69, 9.17) is 0 Å². The topological polar surface area (TPSA) is 106 Å². The molecule has 1 saturated carbocycles. The molecule has 0 atom stereocenters. The highest BCUT2D eigenvalue weighted by molar-refractivity contribution is 5.96. The van der Waals surface area contributed by atoms with Gasteiger partial charge in [-0.05, 0) is 57.7 Å². The number of aromatic nitrogens is 5. The van der Waals surface area contributed by atoms with E-state index in [0.717, 1.165) is 42.6 Å². The Kier molecular flexibility index (Phi) is 5.24. The molecule has 29 heavy (non-hydrogen) atoms. The van der Waals surface area contributed by atoms with Crippen molar-refractivity contribution in [3.05, 3.63) is 64.0 Å². The van der Waals surface area contributed by atoms with Crippen molar-refractivity contribution in [2.75, 3.05) is 0 Å². The molecule has 8 nitrogen and oxygen atoms in total. The number of pyridine rings is 1. The van der Waals surface area contributed by atoms with Gasteiger partial charge in [0.05, 0.1) is 23.0 Å². The lowest BCUT2D eigenvalue weighted by molar-refractivity contribution is 0.0920. The lowest BCUT2D eigenvalue weighted by Crippen LogP contribution is -2.39. The molecule has 0 unspecified atom stereocenters. The molecule has 4 rings (SSSR count). The van der Waals surface area contributed by atoms with Crippen LogP contribution in [0, 0.1) is 13.8 Å². The first-order valence-electron chi connectivity index (χ1n) is 9.85. The monoisotopic (exact) mass is 392 g/mol. The van der Waals surface area contributed by atoms with Crippen LogP contribution in [0.5, 0.6) is 0 Å². The summed E-state index contributed by atoms with van der Waals surface area (Å²) in [4.78, 5) is 29.0. The molecule has 0 spiro atoms. The van der Waals surface area contributed by atoms with Crippen LogP contribution in [-0.4, -0.2) is 36.9 Å². The first kappa shape index (κ1) is 19.0. The van der Waals surface area contributed by atoms with Crippen LogP contribution >= 0.6 is 0 Å². The molecule has 1 amide bonds. The molecule has 0 aliphatic heterocycles. The Balaban J connectivity index is 1.43. The van der Waals surface area contributed by atoms with E-state index in [-0.39, 0.29) is 23.6 Å². The van der Waals surface area contributed by atoms with Crippen LogP contribution < -0.4 is 10.9 Å². The quantitative estimate of drug-likeness (QED) is 0.710. The first-order chi connectivity index (χ1) is 14.0. The molecule has 8 heteroatoms. The highest BCUT2D eigenvalue weighted by Gasteiger charge is 2.26. The van der Waals surface area contributed by atoms with Crippen LogP contribution in [0.1, 0.15) is 53.5 Å².